The average Bonchev–Trinajstić information content (AvgIpc) is 2.61. The SMILES string of the molecule is COc1ccc(N(CCC(N)=O)CC(=O)Nc2c(C)cc(C)cc2C)cc1. The molecule has 6 nitrogen and oxygen atoms in total. The fourth-order valence-electron chi connectivity index (χ4n) is 3.07. The Labute approximate surface area is 160 Å². The highest BCUT2D eigenvalue weighted by molar-refractivity contribution is 5.95. The zero-order valence-corrected chi connectivity index (χ0v) is 16.3. The van der Waals surface area contributed by atoms with E-state index in [1.165, 1.54) is 0 Å². The summed E-state index contributed by atoms with van der Waals surface area (Å²) in [6.45, 7) is 6.46. The van der Waals surface area contributed by atoms with E-state index in [1.807, 2.05) is 62.1 Å². The third-order valence-electron chi connectivity index (χ3n) is 4.34. The van der Waals surface area contributed by atoms with E-state index in [0.29, 0.717) is 6.54 Å². The van der Waals surface area contributed by atoms with Crippen molar-refractivity contribution in [2.45, 2.75) is 27.2 Å². The van der Waals surface area contributed by atoms with E-state index in [0.717, 1.165) is 33.8 Å². The third kappa shape index (κ3) is 5.74. The molecule has 0 aliphatic carbocycles. The molecule has 2 aromatic carbocycles. The Bertz CT molecular complexity index is 793. The minimum atomic E-state index is -0.404. The first-order valence-corrected chi connectivity index (χ1v) is 8.85. The lowest BCUT2D eigenvalue weighted by Crippen LogP contribution is -2.35. The molecule has 144 valence electrons. The van der Waals surface area contributed by atoms with Crippen LogP contribution < -0.4 is 20.7 Å². The van der Waals surface area contributed by atoms with Crippen LogP contribution in [-0.4, -0.2) is 32.0 Å². The van der Waals surface area contributed by atoms with Gasteiger partial charge in [0.25, 0.3) is 0 Å². The first kappa shape index (κ1) is 20.3. The molecule has 2 aromatic rings. The molecule has 0 fully saturated rings. The summed E-state index contributed by atoms with van der Waals surface area (Å²) in [5.74, 6) is 0.174. The van der Waals surface area contributed by atoms with Crippen LogP contribution in [-0.2, 0) is 9.59 Å². The topological polar surface area (TPSA) is 84.7 Å². The summed E-state index contributed by atoms with van der Waals surface area (Å²) in [4.78, 5) is 25.7. The molecular formula is C21H27N3O3. The molecule has 0 aromatic heterocycles. The number of nitrogens with two attached hydrogens (primary N) is 1. The van der Waals surface area contributed by atoms with Gasteiger partial charge in [-0.15, -0.1) is 0 Å². The molecule has 27 heavy (non-hydrogen) atoms. The number of aryl methyl sites for hydroxylation is 3. The Morgan fingerprint density at radius 3 is 2.19 bits per heavy atom. The lowest BCUT2D eigenvalue weighted by Gasteiger charge is -2.24. The maximum absolute atomic E-state index is 12.7. The van der Waals surface area contributed by atoms with Crippen LogP contribution in [0.5, 0.6) is 5.75 Å². The van der Waals surface area contributed by atoms with Crippen LogP contribution in [0.25, 0.3) is 0 Å². The normalized spacial score (nSPS) is 10.4. The van der Waals surface area contributed by atoms with E-state index >= 15 is 0 Å². The number of hydrogen-bond donors (Lipinski definition) is 2. The molecule has 2 rings (SSSR count). The zero-order chi connectivity index (χ0) is 20.0. The van der Waals surface area contributed by atoms with Gasteiger partial charge in [0.15, 0.2) is 0 Å². The van der Waals surface area contributed by atoms with Crippen LogP contribution in [0.3, 0.4) is 0 Å². The number of carbonyl (C=O) groups is 2. The van der Waals surface area contributed by atoms with Crippen LogP contribution in [0.1, 0.15) is 23.1 Å². The Morgan fingerprint density at radius 2 is 1.67 bits per heavy atom. The molecule has 3 N–H and O–H groups in total. The molecule has 0 bridgehead atoms. The van der Waals surface area contributed by atoms with E-state index in [9.17, 15) is 9.59 Å². The van der Waals surface area contributed by atoms with Crippen molar-refractivity contribution in [1.29, 1.82) is 0 Å². The van der Waals surface area contributed by atoms with Crippen molar-refractivity contribution in [1.82, 2.24) is 0 Å². The number of primary amides is 1. The number of anilines is 2. The maximum Gasteiger partial charge on any atom is 0.243 e. The van der Waals surface area contributed by atoms with Crippen molar-refractivity contribution in [2.75, 3.05) is 30.4 Å². The van der Waals surface area contributed by atoms with Crippen LogP contribution in [0.15, 0.2) is 36.4 Å². The summed E-state index contributed by atoms with van der Waals surface area (Å²) in [7, 11) is 1.60. The minimum absolute atomic E-state index is 0.117. The van der Waals surface area contributed by atoms with Gasteiger partial charge in [0.1, 0.15) is 5.75 Å². The van der Waals surface area contributed by atoms with Crippen molar-refractivity contribution in [3.63, 3.8) is 0 Å². The monoisotopic (exact) mass is 369 g/mol. The van der Waals surface area contributed by atoms with Crippen molar-refractivity contribution in [3.8, 4) is 5.75 Å². The Balaban J connectivity index is 2.16. The van der Waals surface area contributed by atoms with E-state index in [1.54, 1.807) is 7.11 Å². The second-order valence-corrected chi connectivity index (χ2v) is 6.66. The third-order valence-corrected chi connectivity index (χ3v) is 4.34. The van der Waals surface area contributed by atoms with Gasteiger partial charge in [-0.3, -0.25) is 9.59 Å². The lowest BCUT2D eigenvalue weighted by atomic mass is 10.1. The summed E-state index contributed by atoms with van der Waals surface area (Å²) >= 11 is 0. The summed E-state index contributed by atoms with van der Waals surface area (Å²) in [6, 6.07) is 11.4. The molecular weight excluding hydrogens is 342 g/mol. The molecule has 0 radical (unpaired) electrons. The summed E-state index contributed by atoms with van der Waals surface area (Å²) in [6.07, 6.45) is 0.169. The van der Waals surface area contributed by atoms with Crippen LogP contribution in [0.4, 0.5) is 11.4 Å². The molecule has 2 amide bonds. The van der Waals surface area contributed by atoms with Gasteiger partial charge < -0.3 is 20.7 Å². The van der Waals surface area contributed by atoms with Gasteiger partial charge >= 0.3 is 0 Å². The number of amides is 2. The van der Waals surface area contributed by atoms with Crippen molar-refractivity contribution in [3.05, 3.63) is 53.1 Å². The number of methoxy groups -OCH3 is 1. The molecule has 0 aliphatic heterocycles. The molecule has 0 saturated carbocycles. The maximum atomic E-state index is 12.7. The van der Waals surface area contributed by atoms with Gasteiger partial charge in [-0.25, -0.2) is 0 Å². The van der Waals surface area contributed by atoms with Crippen molar-refractivity contribution < 1.29 is 14.3 Å². The number of benzene rings is 2. The zero-order valence-electron chi connectivity index (χ0n) is 16.3. The predicted octanol–water partition coefficient (Wildman–Crippen LogP) is 2.94. The highest BCUT2D eigenvalue weighted by Crippen LogP contribution is 2.23. The average molecular weight is 369 g/mol. The number of ether oxygens (including phenoxy) is 1. The lowest BCUT2D eigenvalue weighted by molar-refractivity contribution is -0.118. The van der Waals surface area contributed by atoms with Crippen LogP contribution in [0.2, 0.25) is 0 Å². The van der Waals surface area contributed by atoms with Gasteiger partial charge in [-0.1, -0.05) is 17.7 Å². The van der Waals surface area contributed by atoms with Gasteiger partial charge in [-0.05, 0) is 56.2 Å². The van der Waals surface area contributed by atoms with Gasteiger partial charge in [0, 0.05) is 24.3 Å². The Morgan fingerprint density at radius 1 is 1.07 bits per heavy atom. The summed E-state index contributed by atoms with van der Waals surface area (Å²) in [5, 5.41) is 2.99. The highest BCUT2D eigenvalue weighted by Gasteiger charge is 2.15. The predicted molar refractivity (Wildman–Crippen MR) is 108 cm³/mol. The van der Waals surface area contributed by atoms with Gasteiger partial charge in [0.2, 0.25) is 11.8 Å². The molecule has 0 atom stereocenters. The fraction of sp³-hybridized carbons (Fsp3) is 0.333. The van der Waals surface area contributed by atoms with Gasteiger partial charge in [0.05, 0.1) is 13.7 Å². The minimum Gasteiger partial charge on any atom is -0.497 e. The smallest absolute Gasteiger partial charge is 0.243 e. The molecule has 6 heteroatoms. The number of nitrogens with zero attached hydrogens (tertiary/aromatic N) is 1. The van der Waals surface area contributed by atoms with E-state index in [2.05, 4.69) is 5.32 Å². The highest BCUT2D eigenvalue weighted by atomic mass is 16.5. The number of carbonyl (C=O) groups excluding carboxylic acids is 2. The molecule has 0 saturated heterocycles. The largest absolute Gasteiger partial charge is 0.497 e. The first-order valence-electron chi connectivity index (χ1n) is 8.85. The van der Waals surface area contributed by atoms with Crippen LogP contribution >= 0.6 is 0 Å². The summed E-state index contributed by atoms with van der Waals surface area (Å²) < 4.78 is 5.17. The molecule has 0 unspecified atom stereocenters. The quantitative estimate of drug-likeness (QED) is 0.749. The Kier molecular flexibility index (Phi) is 6.82. The molecule has 0 aliphatic rings. The fourth-order valence-corrected chi connectivity index (χ4v) is 3.07. The van der Waals surface area contributed by atoms with Crippen LogP contribution in [0, 0.1) is 20.8 Å². The number of hydrogen-bond acceptors (Lipinski definition) is 4. The van der Waals surface area contributed by atoms with Crippen molar-refractivity contribution in [2.24, 2.45) is 5.73 Å². The molecule has 0 spiro atoms. The van der Waals surface area contributed by atoms with E-state index in [-0.39, 0.29) is 18.9 Å². The van der Waals surface area contributed by atoms with E-state index in [4.69, 9.17) is 10.5 Å². The second kappa shape index (κ2) is 9.07. The Hall–Kier alpha value is -3.02. The standard InChI is InChI=1S/C21H27N3O3/c1-14-11-15(2)21(16(3)12-14)23-20(26)13-24(10-9-19(22)25)17-5-7-18(27-4)8-6-17/h5-8,11-12H,9-10,13H2,1-4H3,(H2,22,25)(H,23,26). The van der Waals surface area contributed by atoms with E-state index < -0.39 is 5.91 Å². The number of nitrogens with one attached hydrogen (secondary N) is 1. The molecule has 0 heterocycles. The number of rotatable bonds is 8. The first-order chi connectivity index (χ1) is 12.8. The van der Waals surface area contributed by atoms with Crippen molar-refractivity contribution >= 4 is 23.2 Å². The summed E-state index contributed by atoms with van der Waals surface area (Å²) in [5.41, 5.74) is 10.1. The van der Waals surface area contributed by atoms with Gasteiger partial charge in [-0.2, -0.15) is 0 Å². The second-order valence-electron chi connectivity index (χ2n) is 6.66.